The summed E-state index contributed by atoms with van der Waals surface area (Å²) in [4.78, 5) is 0. The van der Waals surface area contributed by atoms with Crippen LogP contribution in [0.25, 0.3) is 0 Å². The smallest absolute Gasteiger partial charge is 0.156 e. The second-order valence-electron chi connectivity index (χ2n) is 3.57. The van der Waals surface area contributed by atoms with Crippen LogP contribution in [0.1, 0.15) is 11.1 Å². The first-order valence-corrected chi connectivity index (χ1v) is 5.72. The van der Waals surface area contributed by atoms with E-state index in [-0.39, 0.29) is 0 Å². The molecular formula is C14H10ClN3. The zero-order valence-electron chi connectivity index (χ0n) is 9.47. The fraction of sp³-hybridized carbons (Fsp3) is 0. The van der Waals surface area contributed by atoms with Gasteiger partial charge in [-0.3, -0.25) is 5.43 Å². The number of hydrogen-bond donors (Lipinski definition) is 1. The van der Waals surface area contributed by atoms with Crippen LogP contribution in [0.5, 0.6) is 0 Å². The van der Waals surface area contributed by atoms with E-state index in [1.54, 1.807) is 24.3 Å². The van der Waals surface area contributed by atoms with Crippen LogP contribution in [0.3, 0.4) is 0 Å². The molecule has 0 aliphatic heterocycles. The van der Waals surface area contributed by atoms with E-state index in [0.717, 1.165) is 11.3 Å². The highest BCUT2D eigenvalue weighted by Crippen LogP contribution is 2.10. The summed E-state index contributed by atoms with van der Waals surface area (Å²) in [5, 5.41) is 13.1. The first-order valence-electron chi connectivity index (χ1n) is 5.34. The molecule has 0 amide bonds. The summed E-state index contributed by atoms with van der Waals surface area (Å²) in [5.41, 5.74) is 5.09. The average Bonchev–Trinajstić information content (AvgIpc) is 2.46. The van der Waals surface area contributed by atoms with E-state index < -0.39 is 0 Å². The largest absolute Gasteiger partial charge is 0.277 e. The number of nitrogens with one attached hydrogen (secondary N) is 1. The second kappa shape index (κ2) is 5.85. The van der Waals surface area contributed by atoms with Crippen LogP contribution in [-0.2, 0) is 0 Å². The number of nitriles is 1. The Balaban J connectivity index is 2.11. The molecule has 0 unspecified atom stereocenters. The molecule has 0 aliphatic carbocycles. The fourth-order valence-corrected chi connectivity index (χ4v) is 1.54. The molecule has 0 saturated heterocycles. The number of anilines is 1. The lowest BCUT2D eigenvalue weighted by Crippen LogP contribution is -1.97. The Morgan fingerprint density at radius 2 is 1.72 bits per heavy atom. The molecule has 2 aromatic rings. The Morgan fingerprint density at radius 3 is 2.33 bits per heavy atom. The molecule has 1 N–H and O–H groups in total. The molecule has 0 atom stereocenters. The summed E-state index contributed by atoms with van der Waals surface area (Å²) in [6.07, 6.45) is 0. The topological polar surface area (TPSA) is 48.2 Å². The molecule has 0 bridgehead atoms. The summed E-state index contributed by atoms with van der Waals surface area (Å²) in [7, 11) is 0. The summed E-state index contributed by atoms with van der Waals surface area (Å²) in [6, 6.07) is 18.5. The molecule has 0 saturated carbocycles. The van der Waals surface area contributed by atoms with E-state index >= 15 is 0 Å². The number of para-hydroxylation sites is 1. The first-order chi connectivity index (χ1) is 8.79. The maximum absolute atomic E-state index is 8.69. The molecule has 3 nitrogen and oxygen atoms in total. The van der Waals surface area contributed by atoms with Gasteiger partial charge in [-0.25, -0.2) is 0 Å². The van der Waals surface area contributed by atoms with Crippen molar-refractivity contribution in [2.24, 2.45) is 5.10 Å². The standard InChI is InChI=1S/C14H10ClN3/c15-14(12-8-6-11(10-16)7-9-12)18-17-13-4-2-1-3-5-13/h1-9,17H/b18-14-. The Morgan fingerprint density at radius 1 is 1.06 bits per heavy atom. The molecule has 2 rings (SSSR count). The summed E-state index contributed by atoms with van der Waals surface area (Å²) in [5.74, 6) is 0. The maximum atomic E-state index is 8.69. The van der Waals surface area contributed by atoms with Crippen LogP contribution in [0, 0.1) is 11.3 Å². The van der Waals surface area contributed by atoms with Crippen molar-refractivity contribution >= 4 is 22.5 Å². The zero-order valence-corrected chi connectivity index (χ0v) is 10.2. The third-order valence-corrected chi connectivity index (χ3v) is 2.61. The number of hydrogen-bond acceptors (Lipinski definition) is 3. The van der Waals surface area contributed by atoms with Gasteiger partial charge < -0.3 is 0 Å². The SMILES string of the molecule is N#Cc1ccc(/C(Cl)=N/Nc2ccccc2)cc1. The number of halogens is 1. The third kappa shape index (κ3) is 3.09. The van der Waals surface area contributed by atoms with Crippen molar-refractivity contribution in [2.75, 3.05) is 5.43 Å². The summed E-state index contributed by atoms with van der Waals surface area (Å²) >= 11 is 6.06. The molecule has 18 heavy (non-hydrogen) atoms. The minimum absolute atomic E-state index is 0.350. The molecule has 0 fully saturated rings. The van der Waals surface area contributed by atoms with E-state index in [1.807, 2.05) is 30.3 Å². The molecule has 88 valence electrons. The van der Waals surface area contributed by atoms with Gasteiger partial charge in [-0.05, 0) is 24.3 Å². The lowest BCUT2D eigenvalue weighted by Gasteiger charge is -2.01. The van der Waals surface area contributed by atoms with Crippen LogP contribution >= 0.6 is 11.6 Å². The molecule has 2 aromatic carbocycles. The number of nitrogens with zero attached hydrogens (tertiary/aromatic N) is 2. The van der Waals surface area contributed by atoms with Gasteiger partial charge in [0.2, 0.25) is 0 Å². The summed E-state index contributed by atoms with van der Waals surface area (Å²) in [6.45, 7) is 0. The fourth-order valence-electron chi connectivity index (χ4n) is 1.37. The van der Waals surface area contributed by atoms with Gasteiger partial charge in [0.05, 0.1) is 17.3 Å². The Labute approximate surface area is 110 Å². The minimum Gasteiger partial charge on any atom is -0.277 e. The molecule has 0 spiro atoms. The van der Waals surface area contributed by atoms with Crippen molar-refractivity contribution in [3.8, 4) is 6.07 Å². The van der Waals surface area contributed by atoms with Gasteiger partial charge in [-0.1, -0.05) is 41.9 Å². The normalized spacial score (nSPS) is 10.8. The molecule has 0 heterocycles. The Kier molecular flexibility index (Phi) is 3.95. The van der Waals surface area contributed by atoms with Crippen LogP contribution in [0.4, 0.5) is 5.69 Å². The van der Waals surface area contributed by atoms with Crippen LogP contribution in [0.2, 0.25) is 0 Å². The van der Waals surface area contributed by atoms with Crippen molar-refractivity contribution in [2.45, 2.75) is 0 Å². The Hall–Kier alpha value is -2.31. The second-order valence-corrected chi connectivity index (χ2v) is 3.93. The quantitative estimate of drug-likeness (QED) is 0.673. The van der Waals surface area contributed by atoms with E-state index in [4.69, 9.17) is 16.9 Å². The van der Waals surface area contributed by atoms with Gasteiger partial charge in [-0.15, -0.1) is 0 Å². The molecule has 4 heteroatoms. The predicted octanol–water partition coefficient (Wildman–Crippen LogP) is 3.57. The highest BCUT2D eigenvalue weighted by Gasteiger charge is 2.00. The van der Waals surface area contributed by atoms with Crippen molar-refractivity contribution in [1.82, 2.24) is 0 Å². The van der Waals surface area contributed by atoms with E-state index in [0.29, 0.717) is 10.7 Å². The van der Waals surface area contributed by atoms with E-state index in [1.165, 1.54) is 0 Å². The monoisotopic (exact) mass is 255 g/mol. The lowest BCUT2D eigenvalue weighted by molar-refractivity contribution is 1.34. The first kappa shape index (κ1) is 12.2. The van der Waals surface area contributed by atoms with Gasteiger partial charge in [0, 0.05) is 5.56 Å². The van der Waals surface area contributed by atoms with E-state index in [2.05, 4.69) is 16.6 Å². The number of hydrazone groups is 1. The van der Waals surface area contributed by atoms with Crippen LogP contribution in [-0.4, -0.2) is 5.17 Å². The van der Waals surface area contributed by atoms with Crippen molar-refractivity contribution in [3.63, 3.8) is 0 Å². The highest BCUT2D eigenvalue weighted by molar-refractivity contribution is 6.69. The van der Waals surface area contributed by atoms with Gasteiger partial charge in [-0.2, -0.15) is 10.4 Å². The van der Waals surface area contributed by atoms with Crippen molar-refractivity contribution in [3.05, 3.63) is 65.7 Å². The minimum atomic E-state index is 0.350. The Bertz CT molecular complexity index is 583. The number of rotatable bonds is 3. The van der Waals surface area contributed by atoms with E-state index in [9.17, 15) is 0 Å². The van der Waals surface area contributed by atoms with Crippen LogP contribution < -0.4 is 5.43 Å². The zero-order chi connectivity index (χ0) is 12.8. The summed E-state index contributed by atoms with van der Waals surface area (Å²) < 4.78 is 0. The van der Waals surface area contributed by atoms with Crippen molar-refractivity contribution < 1.29 is 0 Å². The van der Waals surface area contributed by atoms with Gasteiger partial charge in [0.25, 0.3) is 0 Å². The van der Waals surface area contributed by atoms with Crippen molar-refractivity contribution in [1.29, 1.82) is 5.26 Å². The molecule has 0 aromatic heterocycles. The lowest BCUT2D eigenvalue weighted by atomic mass is 10.2. The molecule has 0 aliphatic rings. The average molecular weight is 256 g/mol. The molecule has 0 radical (unpaired) electrons. The van der Waals surface area contributed by atoms with Gasteiger partial charge in [0.1, 0.15) is 0 Å². The van der Waals surface area contributed by atoms with Gasteiger partial charge in [0.15, 0.2) is 5.17 Å². The maximum Gasteiger partial charge on any atom is 0.156 e. The third-order valence-electron chi connectivity index (χ3n) is 2.31. The molecular weight excluding hydrogens is 246 g/mol. The predicted molar refractivity (Wildman–Crippen MR) is 73.6 cm³/mol. The van der Waals surface area contributed by atoms with Crippen LogP contribution in [0.15, 0.2) is 59.7 Å². The highest BCUT2D eigenvalue weighted by atomic mass is 35.5. The van der Waals surface area contributed by atoms with Gasteiger partial charge >= 0.3 is 0 Å². The number of benzene rings is 2.